The molecule has 4 nitrogen and oxygen atoms in total. The molecule has 1 heterocycles. The molecule has 0 atom stereocenters. The molecule has 0 N–H and O–H groups in total. The van der Waals surface area contributed by atoms with Crippen LogP contribution in [0.4, 0.5) is 0 Å². The van der Waals surface area contributed by atoms with Gasteiger partial charge in [-0.1, -0.05) is 36.7 Å². The van der Waals surface area contributed by atoms with Gasteiger partial charge >= 0.3 is 0 Å². The normalized spacial score (nSPS) is 11.2. The molecular weight excluding hydrogens is 384 g/mol. The third kappa shape index (κ3) is 4.96. The van der Waals surface area contributed by atoms with Crippen molar-refractivity contribution in [2.45, 2.75) is 33.3 Å². The van der Waals surface area contributed by atoms with E-state index >= 15 is 0 Å². The van der Waals surface area contributed by atoms with Gasteiger partial charge in [0.15, 0.2) is 5.82 Å². The van der Waals surface area contributed by atoms with Crippen molar-refractivity contribution in [3.05, 3.63) is 71.2 Å². The molecular formula is C24H25ClN2O2. The lowest BCUT2D eigenvalue weighted by molar-refractivity contribution is 0.242. The van der Waals surface area contributed by atoms with Crippen LogP contribution in [0.3, 0.4) is 0 Å². The fourth-order valence-corrected chi connectivity index (χ4v) is 3.40. The molecule has 150 valence electrons. The van der Waals surface area contributed by atoms with E-state index in [0.717, 1.165) is 28.7 Å². The van der Waals surface area contributed by atoms with Crippen molar-refractivity contribution in [3.8, 4) is 28.3 Å². The number of methoxy groups -OCH3 is 1. The second kappa shape index (κ2) is 9.57. The van der Waals surface area contributed by atoms with Gasteiger partial charge in [0.05, 0.1) is 24.5 Å². The number of benzene rings is 2. The van der Waals surface area contributed by atoms with Gasteiger partial charge in [0.25, 0.3) is 0 Å². The Balaban J connectivity index is 1.91. The minimum atomic E-state index is 0.0659. The second-order valence-corrected chi connectivity index (χ2v) is 7.28. The van der Waals surface area contributed by atoms with E-state index in [0.29, 0.717) is 16.6 Å². The number of aromatic nitrogens is 2. The van der Waals surface area contributed by atoms with Gasteiger partial charge < -0.3 is 9.47 Å². The molecule has 0 amide bonds. The molecule has 0 bridgehead atoms. The zero-order chi connectivity index (χ0) is 20.8. The van der Waals surface area contributed by atoms with E-state index in [2.05, 4.69) is 29.0 Å². The molecule has 5 heteroatoms. The molecule has 0 saturated heterocycles. The fraction of sp³-hybridized carbons (Fsp3) is 0.250. The summed E-state index contributed by atoms with van der Waals surface area (Å²) in [5.74, 6) is 1.29. The third-order valence-corrected chi connectivity index (χ3v) is 4.76. The van der Waals surface area contributed by atoms with E-state index in [4.69, 9.17) is 21.1 Å². The molecule has 0 fully saturated rings. The van der Waals surface area contributed by atoms with E-state index in [1.54, 1.807) is 13.4 Å². The average molecular weight is 409 g/mol. The molecule has 1 aromatic heterocycles. The van der Waals surface area contributed by atoms with Crippen molar-refractivity contribution in [3.63, 3.8) is 0 Å². The predicted octanol–water partition coefficient (Wildman–Crippen LogP) is 6.43. The van der Waals surface area contributed by atoms with Crippen LogP contribution in [0.1, 0.15) is 31.9 Å². The zero-order valence-electron chi connectivity index (χ0n) is 17.1. The van der Waals surface area contributed by atoms with Crippen molar-refractivity contribution < 1.29 is 9.47 Å². The van der Waals surface area contributed by atoms with Crippen LogP contribution in [0, 0.1) is 0 Å². The van der Waals surface area contributed by atoms with Crippen LogP contribution in [0.2, 0.25) is 5.02 Å². The van der Waals surface area contributed by atoms with Crippen molar-refractivity contribution in [1.82, 2.24) is 9.97 Å². The first kappa shape index (κ1) is 20.9. The molecule has 0 unspecified atom stereocenters. The van der Waals surface area contributed by atoms with E-state index in [-0.39, 0.29) is 6.10 Å². The Morgan fingerprint density at radius 1 is 1.07 bits per heavy atom. The SMILES string of the molecule is CCc1c(/C=C/OC)cccc1-c1cnc(-c2ccc(OC(C)C)c(Cl)c2)nc1. The Kier molecular flexibility index (Phi) is 6.89. The molecule has 3 aromatic rings. The van der Waals surface area contributed by atoms with Crippen molar-refractivity contribution >= 4 is 17.7 Å². The van der Waals surface area contributed by atoms with Gasteiger partial charge in [-0.3, -0.25) is 0 Å². The van der Waals surface area contributed by atoms with Crippen LogP contribution >= 0.6 is 11.6 Å². The highest BCUT2D eigenvalue weighted by Crippen LogP contribution is 2.31. The highest BCUT2D eigenvalue weighted by molar-refractivity contribution is 6.32. The number of hydrogen-bond donors (Lipinski definition) is 0. The topological polar surface area (TPSA) is 44.2 Å². The molecule has 2 aromatic carbocycles. The Hall–Kier alpha value is -2.85. The first-order chi connectivity index (χ1) is 14.0. The number of nitrogens with zero attached hydrogens (tertiary/aromatic N) is 2. The maximum absolute atomic E-state index is 6.35. The Bertz CT molecular complexity index is 998. The van der Waals surface area contributed by atoms with Crippen LogP contribution in [-0.4, -0.2) is 23.2 Å². The van der Waals surface area contributed by atoms with Crippen LogP contribution < -0.4 is 4.74 Å². The summed E-state index contributed by atoms with van der Waals surface area (Å²) in [5.41, 5.74) is 5.31. The average Bonchev–Trinajstić information content (AvgIpc) is 2.73. The molecule has 0 radical (unpaired) electrons. The molecule has 0 aliphatic carbocycles. The van der Waals surface area contributed by atoms with E-state index in [1.165, 1.54) is 5.56 Å². The van der Waals surface area contributed by atoms with E-state index < -0.39 is 0 Å². The van der Waals surface area contributed by atoms with Crippen molar-refractivity contribution in [2.24, 2.45) is 0 Å². The summed E-state index contributed by atoms with van der Waals surface area (Å²) in [5, 5.41) is 0.551. The second-order valence-electron chi connectivity index (χ2n) is 6.87. The largest absolute Gasteiger partial charge is 0.504 e. The van der Waals surface area contributed by atoms with Crippen LogP contribution in [0.15, 0.2) is 55.1 Å². The summed E-state index contributed by atoms with van der Waals surface area (Å²) < 4.78 is 10.8. The predicted molar refractivity (Wildman–Crippen MR) is 119 cm³/mol. The standard InChI is InChI=1S/C24H25ClN2O2/c1-5-20-17(11-12-28-4)7-6-8-21(20)19-14-26-24(27-15-19)18-9-10-23(22(25)13-18)29-16(2)3/h6-16H,5H2,1-4H3/b12-11+. The lowest BCUT2D eigenvalue weighted by atomic mass is 9.95. The summed E-state index contributed by atoms with van der Waals surface area (Å²) in [7, 11) is 1.65. The summed E-state index contributed by atoms with van der Waals surface area (Å²) in [4.78, 5) is 9.14. The smallest absolute Gasteiger partial charge is 0.159 e. The highest BCUT2D eigenvalue weighted by atomic mass is 35.5. The van der Waals surface area contributed by atoms with Gasteiger partial charge in [-0.25, -0.2) is 9.97 Å². The van der Waals surface area contributed by atoms with Gasteiger partial charge in [-0.2, -0.15) is 0 Å². The van der Waals surface area contributed by atoms with Crippen molar-refractivity contribution in [1.29, 1.82) is 0 Å². The summed E-state index contributed by atoms with van der Waals surface area (Å²) in [6.45, 7) is 6.08. The minimum Gasteiger partial charge on any atom is -0.504 e. The van der Waals surface area contributed by atoms with E-state index in [1.807, 2.05) is 56.6 Å². The first-order valence-electron chi connectivity index (χ1n) is 9.63. The molecule has 0 aliphatic heterocycles. The third-order valence-electron chi connectivity index (χ3n) is 4.47. The van der Waals surface area contributed by atoms with Gasteiger partial charge in [0.2, 0.25) is 0 Å². The lowest BCUT2D eigenvalue weighted by Crippen LogP contribution is -2.05. The number of ether oxygens (including phenoxy) is 2. The molecule has 0 saturated carbocycles. The molecule has 0 spiro atoms. The lowest BCUT2D eigenvalue weighted by Gasteiger charge is -2.13. The first-order valence-corrected chi connectivity index (χ1v) is 10.0. The van der Waals surface area contributed by atoms with Gasteiger partial charge in [-0.15, -0.1) is 0 Å². The minimum absolute atomic E-state index is 0.0659. The molecule has 3 rings (SSSR count). The number of rotatable bonds is 7. The maximum atomic E-state index is 6.35. The highest BCUT2D eigenvalue weighted by Gasteiger charge is 2.11. The summed E-state index contributed by atoms with van der Waals surface area (Å²) >= 11 is 6.35. The summed E-state index contributed by atoms with van der Waals surface area (Å²) in [6.07, 6.45) is 8.33. The Morgan fingerprint density at radius 2 is 1.83 bits per heavy atom. The quantitative estimate of drug-likeness (QED) is 0.422. The van der Waals surface area contributed by atoms with Gasteiger partial charge in [0.1, 0.15) is 5.75 Å². The van der Waals surface area contributed by atoms with E-state index in [9.17, 15) is 0 Å². The Morgan fingerprint density at radius 3 is 2.45 bits per heavy atom. The maximum Gasteiger partial charge on any atom is 0.159 e. The van der Waals surface area contributed by atoms with Gasteiger partial charge in [-0.05, 0) is 61.2 Å². The molecule has 29 heavy (non-hydrogen) atoms. The summed E-state index contributed by atoms with van der Waals surface area (Å²) in [6, 6.07) is 11.8. The van der Waals surface area contributed by atoms with Crippen LogP contribution in [0.25, 0.3) is 28.6 Å². The number of halogens is 1. The molecule has 0 aliphatic rings. The van der Waals surface area contributed by atoms with Gasteiger partial charge in [0, 0.05) is 23.5 Å². The van der Waals surface area contributed by atoms with Crippen LogP contribution in [0.5, 0.6) is 5.75 Å². The fourth-order valence-electron chi connectivity index (χ4n) is 3.17. The monoisotopic (exact) mass is 408 g/mol. The van der Waals surface area contributed by atoms with Crippen LogP contribution in [-0.2, 0) is 11.2 Å². The number of hydrogen-bond acceptors (Lipinski definition) is 4. The Labute approximate surface area is 177 Å². The zero-order valence-corrected chi connectivity index (χ0v) is 17.9. The van der Waals surface area contributed by atoms with Crippen molar-refractivity contribution in [2.75, 3.05) is 7.11 Å².